The molecule has 1 fully saturated rings. The highest BCUT2D eigenvalue weighted by Gasteiger charge is 2.32. The molecule has 2 rings (SSSR count). The third-order valence-corrected chi connectivity index (χ3v) is 3.70. The lowest BCUT2D eigenvalue weighted by molar-refractivity contribution is -0.132. The number of benzene rings is 1. The van der Waals surface area contributed by atoms with Crippen molar-refractivity contribution in [2.75, 3.05) is 13.7 Å². The first-order chi connectivity index (χ1) is 9.14. The lowest BCUT2D eigenvalue weighted by Crippen LogP contribution is -2.42. The molecule has 1 aromatic rings. The Balaban J connectivity index is 1.94. The Morgan fingerprint density at radius 1 is 1.37 bits per heavy atom. The van der Waals surface area contributed by atoms with Gasteiger partial charge in [-0.1, -0.05) is 43.2 Å². The van der Waals surface area contributed by atoms with Crippen LogP contribution in [0.15, 0.2) is 30.3 Å². The molecule has 1 aromatic carbocycles. The molecule has 4 heteroatoms. The van der Waals surface area contributed by atoms with Crippen molar-refractivity contribution in [3.63, 3.8) is 0 Å². The number of aliphatic hydroxyl groups is 1. The van der Waals surface area contributed by atoms with Gasteiger partial charge in [-0.25, -0.2) is 0 Å². The minimum absolute atomic E-state index is 0.200. The minimum Gasteiger partial charge on any atom is -0.388 e. The van der Waals surface area contributed by atoms with Crippen molar-refractivity contribution in [3.8, 4) is 0 Å². The first-order valence-corrected chi connectivity index (χ1v) is 6.72. The van der Waals surface area contributed by atoms with Gasteiger partial charge in [-0.15, -0.1) is 0 Å². The zero-order valence-electron chi connectivity index (χ0n) is 11.3. The van der Waals surface area contributed by atoms with E-state index in [1.165, 1.54) is 7.11 Å². The van der Waals surface area contributed by atoms with Gasteiger partial charge in [0.05, 0.1) is 5.60 Å². The first-order valence-electron chi connectivity index (χ1n) is 6.72. The molecule has 1 aliphatic carbocycles. The van der Waals surface area contributed by atoms with E-state index in [2.05, 4.69) is 5.32 Å². The Labute approximate surface area is 113 Å². The number of hydrogen-bond acceptors (Lipinski definition) is 3. The maximum Gasteiger partial charge on any atom is 0.253 e. The predicted octanol–water partition coefficient (Wildman–Crippen LogP) is 1.80. The van der Waals surface area contributed by atoms with Gasteiger partial charge >= 0.3 is 0 Å². The molecule has 19 heavy (non-hydrogen) atoms. The molecule has 0 heterocycles. The van der Waals surface area contributed by atoms with Gasteiger partial charge < -0.3 is 15.2 Å². The molecule has 0 aromatic heterocycles. The number of nitrogens with one attached hydrogen (secondary N) is 1. The third-order valence-electron chi connectivity index (χ3n) is 3.70. The lowest BCUT2D eigenvalue weighted by Gasteiger charge is -2.24. The van der Waals surface area contributed by atoms with E-state index in [1.807, 2.05) is 30.3 Å². The SMILES string of the molecule is COC(C(=O)NCC1(O)CCCC1)c1ccccc1. The summed E-state index contributed by atoms with van der Waals surface area (Å²) < 4.78 is 5.25. The van der Waals surface area contributed by atoms with E-state index in [-0.39, 0.29) is 5.91 Å². The van der Waals surface area contributed by atoms with Crippen LogP contribution in [0.4, 0.5) is 0 Å². The number of hydrogen-bond donors (Lipinski definition) is 2. The van der Waals surface area contributed by atoms with E-state index in [0.29, 0.717) is 6.54 Å². The number of carbonyl (C=O) groups is 1. The Morgan fingerprint density at radius 3 is 2.58 bits per heavy atom. The molecular formula is C15H21NO3. The Morgan fingerprint density at radius 2 is 2.00 bits per heavy atom. The Kier molecular flexibility index (Phi) is 4.56. The number of methoxy groups -OCH3 is 1. The average Bonchev–Trinajstić information content (AvgIpc) is 2.86. The van der Waals surface area contributed by atoms with E-state index in [0.717, 1.165) is 31.2 Å². The van der Waals surface area contributed by atoms with Crippen LogP contribution in [0.3, 0.4) is 0 Å². The molecular weight excluding hydrogens is 242 g/mol. The lowest BCUT2D eigenvalue weighted by atomic mass is 10.0. The van der Waals surface area contributed by atoms with E-state index in [4.69, 9.17) is 4.74 Å². The van der Waals surface area contributed by atoms with Gasteiger partial charge in [0.1, 0.15) is 0 Å². The van der Waals surface area contributed by atoms with Gasteiger partial charge in [-0.05, 0) is 18.4 Å². The van der Waals surface area contributed by atoms with E-state index >= 15 is 0 Å². The molecule has 0 bridgehead atoms. The second kappa shape index (κ2) is 6.17. The Bertz CT molecular complexity index is 413. The molecule has 4 nitrogen and oxygen atoms in total. The quantitative estimate of drug-likeness (QED) is 0.851. The summed E-state index contributed by atoms with van der Waals surface area (Å²) in [6, 6.07) is 9.36. The number of rotatable bonds is 5. The van der Waals surface area contributed by atoms with Crippen molar-refractivity contribution in [1.82, 2.24) is 5.32 Å². The highest BCUT2D eigenvalue weighted by atomic mass is 16.5. The van der Waals surface area contributed by atoms with Crippen LogP contribution >= 0.6 is 0 Å². The van der Waals surface area contributed by atoms with Gasteiger partial charge in [0.25, 0.3) is 5.91 Å². The standard InChI is InChI=1S/C15H21NO3/c1-19-13(12-7-3-2-4-8-12)14(17)16-11-15(18)9-5-6-10-15/h2-4,7-8,13,18H,5-6,9-11H2,1H3,(H,16,17). The highest BCUT2D eigenvalue weighted by Crippen LogP contribution is 2.28. The first kappa shape index (κ1) is 14.0. The highest BCUT2D eigenvalue weighted by molar-refractivity contribution is 5.82. The van der Waals surface area contributed by atoms with Crippen LogP contribution in [0.1, 0.15) is 37.4 Å². The molecule has 1 unspecified atom stereocenters. The van der Waals surface area contributed by atoms with E-state index in [9.17, 15) is 9.90 Å². The van der Waals surface area contributed by atoms with E-state index < -0.39 is 11.7 Å². The maximum absolute atomic E-state index is 12.1. The van der Waals surface area contributed by atoms with Crippen LogP contribution in [-0.2, 0) is 9.53 Å². The van der Waals surface area contributed by atoms with E-state index in [1.54, 1.807) is 0 Å². The summed E-state index contributed by atoms with van der Waals surface area (Å²) in [7, 11) is 1.52. The van der Waals surface area contributed by atoms with Crippen LogP contribution in [0.2, 0.25) is 0 Å². The van der Waals surface area contributed by atoms with Gasteiger partial charge in [0.15, 0.2) is 6.10 Å². The number of carbonyl (C=O) groups excluding carboxylic acids is 1. The fourth-order valence-electron chi connectivity index (χ4n) is 2.58. The molecule has 104 valence electrons. The van der Waals surface area contributed by atoms with Gasteiger partial charge in [0, 0.05) is 13.7 Å². The predicted molar refractivity (Wildman–Crippen MR) is 72.6 cm³/mol. The second-order valence-corrected chi connectivity index (χ2v) is 5.18. The molecule has 1 atom stereocenters. The van der Waals surface area contributed by atoms with Crippen molar-refractivity contribution < 1.29 is 14.6 Å². The zero-order chi connectivity index (χ0) is 13.7. The van der Waals surface area contributed by atoms with Crippen LogP contribution in [0.25, 0.3) is 0 Å². The Hall–Kier alpha value is -1.39. The topological polar surface area (TPSA) is 58.6 Å². The molecule has 0 spiro atoms. The molecule has 0 saturated heterocycles. The fourth-order valence-corrected chi connectivity index (χ4v) is 2.58. The minimum atomic E-state index is -0.732. The smallest absolute Gasteiger partial charge is 0.253 e. The van der Waals surface area contributed by atoms with Crippen molar-refractivity contribution in [2.45, 2.75) is 37.4 Å². The zero-order valence-corrected chi connectivity index (χ0v) is 11.3. The van der Waals surface area contributed by atoms with Crippen molar-refractivity contribution in [3.05, 3.63) is 35.9 Å². The molecule has 1 amide bonds. The number of ether oxygens (including phenoxy) is 1. The summed E-state index contributed by atoms with van der Waals surface area (Å²) in [6.45, 7) is 0.304. The summed E-state index contributed by atoms with van der Waals surface area (Å²) in [5.41, 5.74) is 0.0888. The van der Waals surface area contributed by atoms with Crippen LogP contribution < -0.4 is 5.32 Å². The maximum atomic E-state index is 12.1. The van der Waals surface area contributed by atoms with Gasteiger partial charge in [-0.2, -0.15) is 0 Å². The third kappa shape index (κ3) is 3.55. The summed E-state index contributed by atoms with van der Waals surface area (Å²) in [5, 5.41) is 13.0. The number of amides is 1. The largest absolute Gasteiger partial charge is 0.388 e. The molecule has 1 saturated carbocycles. The van der Waals surface area contributed by atoms with Gasteiger partial charge in [-0.3, -0.25) is 4.79 Å². The molecule has 2 N–H and O–H groups in total. The molecule has 0 aliphatic heterocycles. The summed E-state index contributed by atoms with van der Waals surface area (Å²) in [4.78, 5) is 12.1. The average molecular weight is 263 g/mol. The van der Waals surface area contributed by atoms with Crippen LogP contribution in [0, 0.1) is 0 Å². The summed E-state index contributed by atoms with van der Waals surface area (Å²) in [5.74, 6) is -0.200. The van der Waals surface area contributed by atoms with Crippen LogP contribution in [0.5, 0.6) is 0 Å². The van der Waals surface area contributed by atoms with Gasteiger partial charge in [0.2, 0.25) is 0 Å². The summed E-state index contributed by atoms with van der Waals surface area (Å²) in [6.07, 6.45) is 2.95. The van der Waals surface area contributed by atoms with Crippen molar-refractivity contribution in [1.29, 1.82) is 0 Å². The summed E-state index contributed by atoms with van der Waals surface area (Å²) >= 11 is 0. The second-order valence-electron chi connectivity index (χ2n) is 5.18. The molecule has 0 radical (unpaired) electrons. The van der Waals surface area contributed by atoms with Crippen LogP contribution in [-0.4, -0.2) is 30.3 Å². The van der Waals surface area contributed by atoms with Crippen molar-refractivity contribution >= 4 is 5.91 Å². The normalized spacial score (nSPS) is 19.1. The fraction of sp³-hybridized carbons (Fsp3) is 0.533. The molecule has 1 aliphatic rings. The monoisotopic (exact) mass is 263 g/mol. The van der Waals surface area contributed by atoms with Crippen molar-refractivity contribution in [2.24, 2.45) is 0 Å².